The standard InChI is InChI=1S/C26H52N2O3.CH4O4S/c1-5-6-7-8-9-10-11-12-13-14-15-16-17-18-19-20-25(30)27-21-22-28(4,23-24-29)26(2,3)31;1-5-6(2,3)4/h19-20,29,31H,5-18,21-24H2,1-4H3;1H3,(H,2,3,4)/b20-19+;. The van der Waals surface area contributed by atoms with E-state index < -0.39 is 16.1 Å². The van der Waals surface area contributed by atoms with Gasteiger partial charge >= 0.3 is 10.4 Å². The van der Waals surface area contributed by atoms with E-state index in [1.807, 2.05) is 13.1 Å². The maximum Gasteiger partial charge on any atom is 0.397 e. The third-order valence-corrected chi connectivity index (χ3v) is 7.14. The van der Waals surface area contributed by atoms with Gasteiger partial charge in [-0.05, 0) is 18.7 Å². The number of unbranched alkanes of at least 4 members (excludes halogenated alkanes) is 13. The van der Waals surface area contributed by atoms with Crippen LogP contribution >= 0.6 is 0 Å². The average Bonchev–Trinajstić information content (AvgIpc) is 2.81. The first-order chi connectivity index (χ1) is 17.3. The molecule has 0 saturated carbocycles. The van der Waals surface area contributed by atoms with Crippen LogP contribution in [0.5, 0.6) is 0 Å². The predicted molar refractivity (Wildman–Crippen MR) is 150 cm³/mol. The molecule has 222 valence electrons. The number of likely N-dealkylation sites (N-methyl/N-ethyl adjacent to an activating group) is 1. The second kappa shape index (κ2) is 22.9. The molecule has 0 aromatic rings. The summed E-state index contributed by atoms with van der Waals surface area (Å²) in [6, 6.07) is 0. The van der Waals surface area contributed by atoms with E-state index in [1.165, 1.54) is 77.0 Å². The van der Waals surface area contributed by atoms with Crippen molar-refractivity contribution in [1.29, 1.82) is 0 Å². The van der Waals surface area contributed by atoms with E-state index in [0.717, 1.165) is 20.0 Å². The molecule has 0 saturated heterocycles. The smallest absolute Gasteiger partial charge is 0.397 e. The Bertz CT molecular complexity index is 691. The molecule has 0 fully saturated rings. The molecule has 0 spiro atoms. The molecule has 37 heavy (non-hydrogen) atoms. The van der Waals surface area contributed by atoms with Gasteiger partial charge in [0.05, 0.1) is 27.3 Å². The fourth-order valence-corrected chi connectivity index (χ4v) is 3.78. The molecule has 0 aliphatic heterocycles. The van der Waals surface area contributed by atoms with Gasteiger partial charge in [-0.25, -0.2) is 0 Å². The number of hydrogen-bond acceptors (Lipinski definition) is 7. The largest absolute Gasteiger partial charge is 0.859 e. The number of nitrogens with zero attached hydrogens (tertiary/aromatic N) is 2. The first-order valence-corrected chi connectivity index (χ1v) is 15.3. The number of rotatable bonds is 22. The van der Waals surface area contributed by atoms with Crippen molar-refractivity contribution in [2.75, 3.05) is 40.4 Å². The van der Waals surface area contributed by atoms with Gasteiger partial charge in [0.15, 0.2) is 5.72 Å². The number of aliphatic hydroxyl groups excluding tert-OH is 1. The van der Waals surface area contributed by atoms with E-state index in [2.05, 4.69) is 16.1 Å². The van der Waals surface area contributed by atoms with Crippen LogP contribution in [0.15, 0.2) is 17.1 Å². The van der Waals surface area contributed by atoms with Gasteiger partial charge in [0.2, 0.25) is 0 Å². The lowest BCUT2D eigenvalue weighted by molar-refractivity contribution is -0.977. The van der Waals surface area contributed by atoms with Crippen molar-refractivity contribution in [2.45, 2.75) is 116 Å². The van der Waals surface area contributed by atoms with Crippen molar-refractivity contribution < 1.29 is 37.0 Å². The highest BCUT2D eigenvalue weighted by molar-refractivity contribution is 7.80. The van der Waals surface area contributed by atoms with Crippen molar-refractivity contribution in [3.63, 3.8) is 0 Å². The fourth-order valence-electron chi connectivity index (χ4n) is 3.78. The topological polar surface area (TPSA) is 139 Å². The van der Waals surface area contributed by atoms with Crippen LogP contribution in [0.25, 0.3) is 0 Å². The minimum atomic E-state index is -4.16. The van der Waals surface area contributed by atoms with Gasteiger partial charge in [0, 0.05) is 13.8 Å². The van der Waals surface area contributed by atoms with E-state index in [1.54, 1.807) is 19.9 Å². The van der Waals surface area contributed by atoms with Gasteiger partial charge in [0.25, 0.3) is 0 Å². The Morgan fingerprint density at radius 3 is 1.76 bits per heavy atom. The molecule has 0 rings (SSSR count). The lowest BCUT2D eigenvalue weighted by Crippen LogP contribution is -2.61. The van der Waals surface area contributed by atoms with Crippen molar-refractivity contribution >= 4 is 16.3 Å². The zero-order chi connectivity index (χ0) is 28.6. The Balaban J connectivity index is 0. The van der Waals surface area contributed by atoms with Gasteiger partial charge in [-0.3, -0.25) is 18.2 Å². The maximum atomic E-state index is 11.9. The summed E-state index contributed by atoms with van der Waals surface area (Å²) in [5.74, 6) is -0.207. The maximum absolute atomic E-state index is 11.9. The van der Waals surface area contributed by atoms with Crippen molar-refractivity contribution in [1.82, 2.24) is 0 Å². The van der Waals surface area contributed by atoms with Crippen LogP contribution < -0.4 is 5.11 Å². The van der Waals surface area contributed by atoms with Crippen molar-refractivity contribution in [2.24, 2.45) is 4.99 Å². The monoisotopic (exact) mass is 552 g/mol. The Labute approximate surface area is 227 Å². The van der Waals surface area contributed by atoms with Crippen LogP contribution in [0.3, 0.4) is 0 Å². The minimum absolute atomic E-state index is 0.00648. The number of quaternary nitrogens is 1. The number of allylic oxidation sites excluding steroid dienone is 1. The van der Waals surface area contributed by atoms with Crippen LogP contribution in [-0.4, -0.2) is 79.7 Å². The Morgan fingerprint density at radius 2 is 1.38 bits per heavy atom. The zero-order valence-corrected chi connectivity index (χ0v) is 25.0. The van der Waals surface area contributed by atoms with Gasteiger partial charge < -0.3 is 15.3 Å². The van der Waals surface area contributed by atoms with E-state index in [0.29, 0.717) is 19.6 Å². The highest BCUT2D eigenvalue weighted by Crippen LogP contribution is 2.18. The fraction of sp³-hybridized carbons (Fsp3) is 0.889. The lowest BCUT2D eigenvalue weighted by atomic mass is 10.0. The molecule has 0 amide bonds. The first-order valence-electron chi connectivity index (χ1n) is 13.9. The first kappa shape index (κ1) is 38.1. The van der Waals surface area contributed by atoms with Crippen LogP contribution in [0.1, 0.15) is 111 Å². The van der Waals surface area contributed by atoms with Crippen LogP contribution in [-0.2, 0) is 14.6 Å². The van der Waals surface area contributed by atoms with E-state index in [9.17, 15) is 23.7 Å². The predicted octanol–water partition coefficient (Wildman–Crippen LogP) is 4.39. The van der Waals surface area contributed by atoms with Crippen molar-refractivity contribution in [3.8, 4) is 0 Å². The summed E-state index contributed by atoms with van der Waals surface area (Å²) < 4.78 is 30.0. The van der Waals surface area contributed by atoms with E-state index in [4.69, 9.17) is 4.55 Å². The van der Waals surface area contributed by atoms with Crippen LogP contribution in [0.4, 0.5) is 0 Å². The SMILES string of the molecule is CCCCCCCCCCCCCCC/C=C/C([O-])=NCC[N+](C)(CCO)C(C)(C)O.COS(=O)(=O)O. The summed E-state index contributed by atoms with van der Waals surface area (Å²) in [4.78, 5) is 4.07. The van der Waals surface area contributed by atoms with Crippen molar-refractivity contribution in [3.05, 3.63) is 12.2 Å². The summed E-state index contributed by atoms with van der Waals surface area (Å²) in [6.45, 7) is 7.00. The molecule has 0 aliphatic rings. The van der Waals surface area contributed by atoms with E-state index in [-0.39, 0.29) is 17.0 Å². The normalized spacial score (nSPS) is 14.4. The molecule has 0 aliphatic carbocycles. The minimum Gasteiger partial charge on any atom is -0.859 e. The molecule has 1 unspecified atom stereocenters. The molecule has 0 aromatic carbocycles. The molecule has 1 atom stereocenters. The second-order valence-corrected chi connectivity index (χ2v) is 11.5. The molecule has 3 N–H and O–H groups in total. The highest BCUT2D eigenvalue weighted by atomic mass is 32.3. The number of aliphatic hydroxyl groups is 2. The molecule has 9 nitrogen and oxygen atoms in total. The summed E-state index contributed by atoms with van der Waals surface area (Å²) >= 11 is 0. The number of aliphatic imine (C=N–C) groups is 1. The van der Waals surface area contributed by atoms with Crippen LogP contribution in [0.2, 0.25) is 0 Å². The molecule has 0 bridgehead atoms. The van der Waals surface area contributed by atoms with Gasteiger partial charge in [-0.15, -0.1) is 0 Å². The molecular formula is C27H56N2O7S. The second-order valence-electron chi connectivity index (χ2n) is 10.3. The average molecular weight is 553 g/mol. The number of hydrogen-bond donors (Lipinski definition) is 3. The third-order valence-electron chi connectivity index (χ3n) is 6.72. The Hall–Kier alpha value is -1.04. The van der Waals surface area contributed by atoms with Gasteiger partial charge in [-0.1, -0.05) is 96.1 Å². The van der Waals surface area contributed by atoms with Gasteiger partial charge in [-0.2, -0.15) is 8.42 Å². The van der Waals surface area contributed by atoms with Gasteiger partial charge in [0.1, 0.15) is 13.1 Å². The molecule has 0 heterocycles. The Morgan fingerprint density at radius 1 is 0.946 bits per heavy atom. The van der Waals surface area contributed by atoms with Crippen LogP contribution in [0, 0.1) is 0 Å². The molecular weight excluding hydrogens is 496 g/mol. The lowest BCUT2D eigenvalue weighted by Gasteiger charge is -2.43. The zero-order valence-electron chi connectivity index (χ0n) is 24.2. The summed E-state index contributed by atoms with van der Waals surface area (Å²) in [6.07, 6.45) is 21.9. The summed E-state index contributed by atoms with van der Waals surface area (Å²) in [7, 11) is -1.42. The summed E-state index contributed by atoms with van der Waals surface area (Å²) in [5, 5.41) is 31.4. The molecule has 0 radical (unpaired) electrons. The highest BCUT2D eigenvalue weighted by Gasteiger charge is 2.37. The quantitative estimate of drug-likeness (QED) is 0.0452. The summed E-state index contributed by atoms with van der Waals surface area (Å²) in [5.41, 5.74) is -0.981. The third kappa shape index (κ3) is 25.0. The van der Waals surface area contributed by atoms with E-state index >= 15 is 0 Å². The molecule has 10 heteroatoms. The Kier molecular flexibility index (Phi) is 23.6. The molecule has 0 aromatic heterocycles.